The van der Waals surface area contributed by atoms with Crippen molar-refractivity contribution in [2.24, 2.45) is 0 Å². The fourth-order valence-corrected chi connectivity index (χ4v) is 3.00. The zero-order chi connectivity index (χ0) is 19.3. The van der Waals surface area contributed by atoms with Crippen molar-refractivity contribution >= 4 is 11.8 Å². The van der Waals surface area contributed by atoms with E-state index in [1.165, 1.54) is 0 Å². The summed E-state index contributed by atoms with van der Waals surface area (Å²) in [6.45, 7) is 2.86. The van der Waals surface area contributed by atoms with Crippen LogP contribution in [0.15, 0.2) is 42.9 Å². The van der Waals surface area contributed by atoms with E-state index < -0.39 is 0 Å². The van der Waals surface area contributed by atoms with Gasteiger partial charge >= 0.3 is 0 Å². The summed E-state index contributed by atoms with van der Waals surface area (Å²) >= 11 is 0. The van der Waals surface area contributed by atoms with E-state index in [1.807, 2.05) is 37.5 Å². The molecular weight excluding hydrogens is 356 g/mol. The number of pyridine rings is 2. The van der Waals surface area contributed by atoms with E-state index in [9.17, 15) is 0 Å². The maximum atomic E-state index is 5.47. The Morgan fingerprint density at radius 2 is 1.79 bits per heavy atom. The first kappa shape index (κ1) is 18.1. The van der Waals surface area contributed by atoms with Crippen LogP contribution in [0.5, 0.6) is 5.75 Å². The van der Waals surface area contributed by atoms with Gasteiger partial charge in [-0.1, -0.05) is 0 Å². The Hall–Kier alpha value is -3.26. The summed E-state index contributed by atoms with van der Waals surface area (Å²) in [5.74, 6) is 2.17. The van der Waals surface area contributed by atoms with Gasteiger partial charge in [-0.05, 0) is 24.3 Å². The molecule has 1 aliphatic heterocycles. The summed E-state index contributed by atoms with van der Waals surface area (Å²) in [5, 5.41) is 3.03. The van der Waals surface area contributed by atoms with Crippen molar-refractivity contribution in [1.29, 1.82) is 0 Å². The summed E-state index contributed by atoms with van der Waals surface area (Å²) < 4.78 is 10.8. The smallest absolute Gasteiger partial charge is 0.226 e. The van der Waals surface area contributed by atoms with Crippen LogP contribution in [-0.2, 0) is 4.74 Å². The van der Waals surface area contributed by atoms with Gasteiger partial charge in [-0.2, -0.15) is 0 Å². The lowest BCUT2D eigenvalue weighted by Gasteiger charge is -2.27. The van der Waals surface area contributed by atoms with Gasteiger partial charge in [0.1, 0.15) is 11.6 Å². The van der Waals surface area contributed by atoms with Crippen LogP contribution in [0.25, 0.3) is 22.5 Å². The van der Waals surface area contributed by atoms with Crippen LogP contribution in [0.3, 0.4) is 0 Å². The number of hydrogen-bond donors (Lipinski definition) is 1. The minimum Gasteiger partial charge on any atom is -0.495 e. The number of anilines is 2. The monoisotopic (exact) mass is 378 g/mol. The van der Waals surface area contributed by atoms with Crippen LogP contribution in [0.1, 0.15) is 0 Å². The van der Waals surface area contributed by atoms with Crippen molar-refractivity contribution in [3.8, 4) is 28.3 Å². The number of hydrogen-bond acceptors (Lipinski definition) is 8. The molecule has 3 aromatic heterocycles. The quantitative estimate of drug-likeness (QED) is 0.725. The van der Waals surface area contributed by atoms with Crippen LogP contribution in [0, 0.1) is 0 Å². The van der Waals surface area contributed by atoms with Crippen molar-refractivity contribution in [1.82, 2.24) is 19.9 Å². The summed E-state index contributed by atoms with van der Waals surface area (Å²) in [6, 6.07) is 7.80. The van der Waals surface area contributed by atoms with Crippen molar-refractivity contribution in [2.45, 2.75) is 0 Å². The van der Waals surface area contributed by atoms with Crippen molar-refractivity contribution < 1.29 is 9.47 Å². The van der Waals surface area contributed by atoms with Gasteiger partial charge in [-0.15, -0.1) is 0 Å². The second-order valence-electron chi connectivity index (χ2n) is 6.33. The molecule has 1 aliphatic rings. The Morgan fingerprint density at radius 1 is 1.00 bits per heavy atom. The van der Waals surface area contributed by atoms with Gasteiger partial charge in [0.25, 0.3) is 0 Å². The molecule has 4 rings (SSSR count). The van der Waals surface area contributed by atoms with Gasteiger partial charge in [0.15, 0.2) is 0 Å². The lowest BCUT2D eigenvalue weighted by Crippen LogP contribution is -2.37. The fourth-order valence-electron chi connectivity index (χ4n) is 3.00. The lowest BCUT2D eigenvalue weighted by molar-refractivity contribution is 0.122. The Balaban J connectivity index is 1.79. The molecule has 1 saturated heterocycles. The highest BCUT2D eigenvalue weighted by Crippen LogP contribution is 2.28. The number of nitrogens with one attached hydrogen (secondary N) is 1. The average Bonchev–Trinajstić information content (AvgIpc) is 2.79. The Morgan fingerprint density at radius 3 is 2.46 bits per heavy atom. The molecule has 0 aromatic carbocycles. The SMILES string of the molecule is CNc1ccc(-c2cc(-c3cncc(OC)c3)nc(N3CCOCC3)n2)cn1. The summed E-state index contributed by atoms with van der Waals surface area (Å²) in [7, 11) is 3.47. The molecule has 0 spiro atoms. The highest BCUT2D eigenvalue weighted by molar-refractivity contribution is 5.70. The third kappa shape index (κ3) is 3.86. The minimum absolute atomic E-state index is 0.669. The van der Waals surface area contributed by atoms with Gasteiger partial charge in [-0.25, -0.2) is 15.0 Å². The Labute approximate surface area is 163 Å². The summed E-state index contributed by atoms with van der Waals surface area (Å²) in [4.78, 5) is 20.4. The fraction of sp³-hybridized carbons (Fsp3) is 0.300. The molecule has 0 unspecified atom stereocenters. The van der Waals surface area contributed by atoms with E-state index in [0.717, 1.165) is 41.4 Å². The van der Waals surface area contributed by atoms with E-state index in [2.05, 4.69) is 20.2 Å². The predicted octanol–water partition coefficient (Wildman–Crippen LogP) is 2.49. The van der Waals surface area contributed by atoms with E-state index in [-0.39, 0.29) is 0 Å². The van der Waals surface area contributed by atoms with Gasteiger partial charge in [-0.3, -0.25) is 4.98 Å². The number of morpholine rings is 1. The normalized spacial score (nSPS) is 14.0. The molecule has 3 aromatic rings. The van der Waals surface area contributed by atoms with Crippen LogP contribution in [0.4, 0.5) is 11.8 Å². The van der Waals surface area contributed by atoms with Crippen molar-refractivity contribution in [3.05, 3.63) is 42.9 Å². The van der Waals surface area contributed by atoms with E-state index >= 15 is 0 Å². The lowest BCUT2D eigenvalue weighted by atomic mass is 10.1. The Kier molecular flexibility index (Phi) is 5.29. The van der Waals surface area contributed by atoms with Crippen LogP contribution < -0.4 is 15.0 Å². The predicted molar refractivity (Wildman–Crippen MR) is 108 cm³/mol. The van der Waals surface area contributed by atoms with Crippen LogP contribution >= 0.6 is 0 Å². The maximum absolute atomic E-state index is 5.47. The molecule has 4 heterocycles. The number of methoxy groups -OCH3 is 1. The molecule has 8 nitrogen and oxygen atoms in total. The first-order chi connectivity index (χ1) is 13.8. The molecular formula is C20H22N6O2. The highest BCUT2D eigenvalue weighted by atomic mass is 16.5. The number of aromatic nitrogens is 4. The number of rotatable bonds is 5. The molecule has 0 amide bonds. The topological polar surface area (TPSA) is 85.3 Å². The highest BCUT2D eigenvalue weighted by Gasteiger charge is 2.17. The molecule has 0 bridgehead atoms. The molecule has 144 valence electrons. The van der Waals surface area contributed by atoms with E-state index in [0.29, 0.717) is 24.9 Å². The van der Waals surface area contributed by atoms with Gasteiger partial charge in [0.05, 0.1) is 37.9 Å². The maximum Gasteiger partial charge on any atom is 0.226 e. The van der Waals surface area contributed by atoms with Crippen molar-refractivity contribution in [2.75, 3.05) is 50.7 Å². The number of ether oxygens (including phenoxy) is 2. The molecule has 0 saturated carbocycles. The zero-order valence-electron chi connectivity index (χ0n) is 15.9. The van der Waals surface area contributed by atoms with E-state index in [1.54, 1.807) is 19.5 Å². The Bertz CT molecular complexity index is 942. The standard InChI is InChI=1S/C20H22N6O2/c1-21-19-4-3-14(12-23-19)17-10-18(15-9-16(27-2)13-22-11-15)25-20(24-17)26-5-7-28-8-6-26/h3-4,9-13H,5-8H2,1-2H3,(H,21,23). The van der Waals surface area contributed by atoms with Crippen LogP contribution in [0.2, 0.25) is 0 Å². The molecule has 8 heteroatoms. The first-order valence-corrected chi connectivity index (χ1v) is 9.12. The third-order valence-electron chi connectivity index (χ3n) is 4.57. The summed E-state index contributed by atoms with van der Waals surface area (Å²) in [5.41, 5.74) is 3.39. The van der Waals surface area contributed by atoms with Gasteiger partial charge in [0, 0.05) is 43.7 Å². The number of nitrogens with zero attached hydrogens (tertiary/aromatic N) is 5. The first-order valence-electron chi connectivity index (χ1n) is 9.12. The molecule has 0 aliphatic carbocycles. The summed E-state index contributed by atoms with van der Waals surface area (Å²) in [6.07, 6.45) is 5.26. The molecule has 0 atom stereocenters. The van der Waals surface area contributed by atoms with Crippen molar-refractivity contribution in [3.63, 3.8) is 0 Å². The van der Waals surface area contributed by atoms with Gasteiger partial charge < -0.3 is 19.7 Å². The molecule has 1 fully saturated rings. The molecule has 0 radical (unpaired) electrons. The second-order valence-corrected chi connectivity index (χ2v) is 6.33. The largest absolute Gasteiger partial charge is 0.495 e. The third-order valence-corrected chi connectivity index (χ3v) is 4.57. The second kappa shape index (κ2) is 8.18. The average molecular weight is 378 g/mol. The van der Waals surface area contributed by atoms with Crippen LogP contribution in [-0.4, -0.2) is 60.4 Å². The minimum atomic E-state index is 0.669. The van der Waals surface area contributed by atoms with Gasteiger partial charge in [0.2, 0.25) is 5.95 Å². The molecule has 28 heavy (non-hydrogen) atoms. The van der Waals surface area contributed by atoms with E-state index in [4.69, 9.17) is 19.4 Å². The molecule has 1 N–H and O–H groups in total. The zero-order valence-corrected chi connectivity index (χ0v) is 15.9.